The number of rotatable bonds is 1. The van der Waals surface area contributed by atoms with E-state index >= 15 is 0 Å². The minimum absolute atomic E-state index is 0.787. The maximum absolute atomic E-state index is 4.51. The summed E-state index contributed by atoms with van der Waals surface area (Å²) in [5.41, 5.74) is 4.21. The van der Waals surface area contributed by atoms with Gasteiger partial charge in [0.05, 0.1) is 0 Å². The van der Waals surface area contributed by atoms with Gasteiger partial charge in [-0.05, 0) is 37.3 Å². The highest BCUT2D eigenvalue weighted by atomic mass is 14.9. The molecule has 1 aromatic heterocycles. The standard InChI is InChI=1S/C11H14N2/c1-2-9-10(12-6-1)5-7-13-11(9)8-3-4-8/h5,7-8,12H,1-4,6H2. The summed E-state index contributed by atoms with van der Waals surface area (Å²) in [6, 6.07) is 2.11. The summed E-state index contributed by atoms with van der Waals surface area (Å²) in [6.45, 7) is 1.13. The molecule has 0 amide bonds. The first-order valence-electron chi connectivity index (χ1n) is 5.17. The summed E-state index contributed by atoms with van der Waals surface area (Å²) in [7, 11) is 0. The van der Waals surface area contributed by atoms with E-state index in [1.807, 2.05) is 6.20 Å². The number of nitrogens with zero attached hydrogens (tertiary/aromatic N) is 1. The maximum atomic E-state index is 4.51. The van der Waals surface area contributed by atoms with Gasteiger partial charge < -0.3 is 5.32 Å². The van der Waals surface area contributed by atoms with Crippen LogP contribution in [0, 0.1) is 0 Å². The van der Waals surface area contributed by atoms with Crippen molar-refractivity contribution in [3.8, 4) is 0 Å². The third-order valence-electron chi connectivity index (χ3n) is 2.97. The third-order valence-corrected chi connectivity index (χ3v) is 2.97. The van der Waals surface area contributed by atoms with Gasteiger partial charge in [-0.15, -0.1) is 0 Å². The third kappa shape index (κ3) is 1.21. The summed E-state index contributed by atoms with van der Waals surface area (Å²) < 4.78 is 0. The van der Waals surface area contributed by atoms with Crippen molar-refractivity contribution in [1.82, 2.24) is 4.98 Å². The molecule has 0 spiro atoms. The SMILES string of the molecule is c1cc2c(c(C3CC3)n1)CCCN2. The molecule has 68 valence electrons. The Kier molecular flexibility index (Phi) is 1.54. The summed E-state index contributed by atoms with van der Waals surface area (Å²) in [6.07, 6.45) is 7.14. The van der Waals surface area contributed by atoms with E-state index in [4.69, 9.17) is 0 Å². The fourth-order valence-electron chi connectivity index (χ4n) is 2.13. The molecule has 2 heterocycles. The smallest absolute Gasteiger partial charge is 0.0487 e. The number of pyridine rings is 1. The molecule has 1 N–H and O–H groups in total. The quantitative estimate of drug-likeness (QED) is 0.706. The van der Waals surface area contributed by atoms with Crippen LogP contribution in [-0.2, 0) is 6.42 Å². The monoisotopic (exact) mass is 174 g/mol. The van der Waals surface area contributed by atoms with E-state index in [0.717, 1.165) is 12.5 Å². The topological polar surface area (TPSA) is 24.9 Å². The molecule has 0 aromatic carbocycles. The summed E-state index contributed by atoms with van der Waals surface area (Å²) in [5, 5.41) is 3.45. The molecule has 2 nitrogen and oxygen atoms in total. The number of aromatic nitrogens is 1. The fourth-order valence-corrected chi connectivity index (χ4v) is 2.13. The van der Waals surface area contributed by atoms with Gasteiger partial charge in [-0.3, -0.25) is 4.98 Å². The van der Waals surface area contributed by atoms with Crippen LogP contribution in [-0.4, -0.2) is 11.5 Å². The van der Waals surface area contributed by atoms with E-state index in [1.165, 1.54) is 42.6 Å². The van der Waals surface area contributed by atoms with Crippen molar-refractivity contribution in [2.75, 3.05) is 11.9 Å². The lowest BCUT2D eigenvalue weighted by atomic mass is 10.00. The zero-order valence-electron chi connectivity index (χ0n) is 7.71. The Morgan fingerprint density at radius 3 is 3.15 bits per heavy atom. The number of anilines is 1. The van der Waals surface area contributed by atoms with Crippen molar-refractivity contribution in [3.05, 3.63) is 23.5 Å². The van der Waals surface area contributed by atoms with Crippen LogP contribution in [0.3, 0.4) is 0 Å². The Balaban J connectivity index is 2.07. The zero-order chi connectivity index (χ0) is 8.67. The molecule has 13 heavy (non-hydrogen) atoms. The van der Waals surface area contributed by atoms with Gasteiger partial charge in [-0.2, -0.15) is 0 Å². The first-order valence-corrected chi connectivity index (χ1v) is 5.17. The number of hydrogen-bond acceptors (Lipinski definition) is 2. The number of hydrogen-bond donors (Lipinski definition) is 1. The highest BCUT2D eigenvalue weighted by Crippen LogP contribution is 2.42. The normalized spacial score (nSPS) is 20.6. The van der Waals surface area contributed by atoms with Crippen molar-refractivity contribution in [1.29, 1.82) is 0 Å². The van der Waals surface area contributed by atoms with Crippen LogP contribution in [0.2, 0.25) is 0 Å². The van der Waals surface area contributed by atoms with E-state index in [9.17, 15) is 0 Å². The lowest BCUT2D eigenvalue weighted by Crippen LogP contribution is -2.14. The molecule has 0 radical (unpaired) electrons. The average Bonchev–Trinajstić information content (AvgIpc) is 3.00. The van der Waals surface area contributed by atoms with Gasteiger partial charge >= 0.3 is 0 Å². The number of fused-ring (bicyclic) bond motifs is 1. The van der Waals surface area contributed by atoms with Crippen molar-refractivity contribution >= 4 is 5.69 Å². The second kappa shape index (κ2) is 2.72. The van der Waals surface area contributed by atoms with E-state index < -0.39 is 0 Å². The minimum Gasteiger partial charge on any atom is -0.385 e. The molecule has 1 aliphatic carbocycles. The second-order valence-corrected chi connectivity index (χ2v) is 4.03. The molecule has 3 rings (SSSR count). The van der Waals surface area contributed by atoms with Crippen LogP contribution in [0.4, 0.5) is 5.69 Å². The first-order chi connectivity index (χ1) is 6.45. The molecular formula is C11H14N2. The first kappa shape index (κ1) is 7.36. The predicted octanol–water partition coefficient (Wildman–Crippen LogP) is 2.32. The van der Waals surface area contributed by atoms with E-state index in [2.05, 4.69) is 16.4 Å². The summed E-state index contributed by atoms with van der Waals surface area (Å²) in [5.74, 6) is 0.787. The molecule has 2 heteroatoms. The van der Waals surface area contributed by atoms with E-state index in [1.54, 1.807) is 0 Å². The molecule has 1 saturated carbocycles. The van der Waals surface area contributed by atoms with Gasteiger partial charge in [0.1, 0.15) is 0 Å². The predicted molar refractivity (Wildman–Crippen MR) is 53.0 cm³/mol. The van der Waals surface area contributed by atoms with Crippen LogP contribution in [0.25, 0.3) is 0 Å². The van der Waals surface area contributed by atoms with Crippen LogP contribution in [0.5, 0.6) is 0 Å². The molecule has 0 saturated heterocycles. The summed E-state index contributed by atoms with van der Waals surface area (Å²) >= 11 is 0. The molecule has 0 unspecified atom stereocenters. The van der Waals surface area contributed by atoms with Gasteiger partial charge in [0.15, 0.2) is 0 Å². The van der Waals surface area contributed by atoms with Crippen molar-refractivity contribution in [2.24, 2.45) is 0 Å². The van der Waals surface area contributed by atoms with Crippen LogP contribution in [0.1, 0.15) is 36.4 Å². The van der Waals surface area contributed by atoms with E-state index in [0.29, 0.717) is 0 Å². The van der Waals surface area contributed by atoms with Crippen molar-refractivity contribution in [3.63, 3.8) is 0 Å². The fraction of sp³-hybridized carbons (Fsp3) is 0.545. The molecule has 1 fully saturated rings. The maximum Gasteiger partial charge on any atom is 0.0487 e. The molecule has 2 aliphatic rings. The molecule has 1 aliphatic heterocycles. The van der Waals surface area contributed by atoms with Crippen LogP contribution in [0.15, 0.2) is 12.3 Å². The Morgan fingerprint density at radius 2 is 2.31 bits per heavy atom. The number of nitrogens with one attached hydrogen (secondary N) is 1. The summed E-state index contributed by atoms with van der Waals surface area (Å²) in [4.78, 5) is 4.51. The zero-order valence-corrected chi connectivity index (χ0v) is 7.71. The van der Waals surface area contributed by atoms with Crippen molar-refractivity contribution < 1.29 is 0 Å². The largest absolute Gasteiger partial charge is 0.385 e. The van der Waals surface area contributed by atoms with Crippen LogP contribution >= 0.6 is 0 Å². The molecule has 0 bridgehead atoms. The van der Waals surface area contributed by atoms with Crippen molar-refractivity contribution in [2.45, 2.75) is 31.6 Å². The average molecular weight is 174 g/mol. The van der Waals surface area contributed by atoms with Gasteiger partial charge in [0.2, 0.25) is 0 Å². The van der Waals surface area contributed by atoms with Gasteiger partial charge in [-0.1, -0.05) is 0 Å². The van der Waals surface area contributed by atoms with Gasteiger partial charge in [0.25, 0.3) is 0 Å². The Hall–Kier alpha value is -1.05. The van der Waals surface area contributed by atoms with Gasteiger partial charge in [0, 0.05) is 30.0 Å². The molecule has 1 aromatic rings. The Bertz CT molecular complexity index is 329. The van der Waals surface area contributed by atoms with E-state index in [-0.39, 0.29) is 0 Å². The lowest BCUT2D eigenvalue weighted by Gasteiger charge is -2.19. The Labute approximate surface area is 78.4 Å². The highest BCUT2D eigenvalue weighted by molar-refractivity contribution is 5.55. The lowest BCUT2D eigenvalue weighted by molar-refractivity contribution is 0.801. The second-order valence-electron chi connectivity index (χ2n) is 4.03. The van der Waals surface area contributed by atoms with Gasteiger partial charge in [-0.25, -0.2) is 0 Å². The molecular weight excluding hydrogens is 160 g/mol. The minimum atomic E-state index is 0.787. The van der Waals surface area contributed by atoms with Crippen LogP contribution < -0.4 is 5.32 Å². The Morgan fingerprint density at radius 1 is 1.38 bits per heavy atom. The highest BCUT2D eigenvalue weighted by Gasteiger charge is 2.28. The molecule has 0 atom stereocenters.